The molecule has 1 aliphatic heterocycles. The highest BCUT2D eigenvalue weighted by atomic mass is 32.2. The highest BCUT2D eigenvalue weighted by Crippen LogP contribution is 2.18. The van der Waals surface area contributed by atoms with Gasteiger partial charge in [-0.15, -0.1) is 0 Å². The largest absolute Gasteiger partial charge is 0.342 e. The van der Waals surface area contributed by atoms with Crippen LogP contribution in [0.4, 0.5) is 0 Å². The van der Waals surface area contributed by atoms with Gasteiger partial charge < -0.3 is 4.90 Å². The Kier molecular flexibility index (Phi) is 3.49. The van der Waals surface area contributed by atoms with Crippen molar-refractivity contribution >= 4 is 15.9 Å². The number of amides is 1. The number of rotatable bonds is 4. The lowest BCUT2D eigenvalue weighted by Gasteiger charge is -2.14. The molecule has 0 spiro atoms. The molecule has 1 saturated heterocycles. The van der Waals surface area contributed by atoms with Gasteiger partial charge in [0.05, 0.1) is 5.75 Å². The van der Waals surface area contributed by atoms with Gasteiger partial charge in [-0.2, -0.15) is 0 Å². The van der Waals surface area contributed by atoms with Crippen molar-refractivity contribution in [1.29, 1.82) is 0 Å². The minimum atomic E-state index is -3.45. The van der Waals surface area contributed by atoms with Gasteiger partial charge in [-0.3, -0.25) is 4.79 Å². The number of hydrogen-bond acceptors (Lipinski definition) is 3. The second kappa shape index (κ2) is 4.27. The van der Waals surface area contributed by atoms with Crippen LogP contribution < -0.4 is 5.14 Å². The molecule has 5 nitrogen and oxygen atoms in total. The van der Waals surface area contributed by atoms with E-state index in [1.165, 1.54) is 0 Å². The molecule has 6 heteroatoms. The molecular formula is C8H16N2O3S. The van der Waals surface area contributed by atoms with Gasteiger partial charge in [0, 0.05) is 25.4 Å². The van der Waals surface area contributed by atoms with Crippen LogP contribution in [0.3, 0.4) is 0 Å². The van der Waals surface area contributed by atoms with Gasteiger partial charge in [0.1, 0.15) is 0 Å². The minimum Gasteiger partial charge on any atom is -0.342 e. The highest BCUT2D eigenvalue weighted by Gasteiger charge is 2.31. The average Bonchev–Trinajstić information content (AvgIpc) is 2.28. The van der Waals surface area contributed by atoms with Gasteiger partial charge in [0.25, 0.3) is 0 Å². The van der Waals surface area contributed by atoms with E-state index < -0.39 is 10.0 Å². The van der Waals surface area contributed by atoms with E-state index in [1.807, 2.05) is 6.92 Å². The Morgan fingerprint density at radius 2 is 2.21 bits per heavy atom. The quantitative estimate of drug-likeness (QED) is 0.695. The molecule has 1 atom stereocenters. The van der Waals surface area contributed by atoms with Gasteiger partial charge in [-0.05, 0) is 6.42 Å². The van der Waals surface area contributed by atoms with Gasteiger partial charge in [-0.25, -0.2) is 13.6 Å². The van der Waals surface area contributed by atoms with Crippen molar-refractivity contribution in [1.82, 2.24) is 4.90 Å². The van der Waals surface area contributed by atoms with Crippen LogP contribution in [0.1, 0.15) is 19.8 Å². The Bertz CT molecular complexity index is 313. The van der Waals surface area contributed by atoms with E-state index in [4.69, 9.17) is 5.14 Å². The maximum atomic E-state index is 11.4. The summed E-state index contributed by atoms with van der Waals surface area (Å²) in [5.41, 5.74) is 0. The van der Waals surface area contributed by atoms with Crippen molar-refractivity contribution in [2.45, 2.75) is 19.8 Å². The lowest BCUT2D eigenvalue weighted by Crippen LogP contribution is -2.28. The molecule has 1 aliphatic rings. The molecule has 0 aromatic heterocycles. The second-order valence-electron chi connectivity index (χ2n) is 3.74. The average molecular weight is 220 g/mol. The number of primary sulfonamides is 1. The van der Waals surface area contributed by atoms with Crippen molar-refractivity contribution in [3.8, 4) is 0 Å². The fourth-order valence-corrected chi connectivity index (χ4v) is 2.66. The molecular weight excluding hydrogens is 204 g/mol. The molecule has 1 amide bonds. The molecule has 0 radical (unpaired) electrons. The maximum absolute atomic E-state index is 11.4. The van der Waals surface area contributed by atoms with Crippen LogP contribution >= 0.6 is 0 Å². The van der Waals surface area contributed by atoms with Crippen LogP contribution in [0.5, 0.6) is 0 Å². The predicted molar refractivity (Wildman–Crippen MR) is 53.0 cm³/mol. The number of hydrogen-bond donors (Lipinski definition) is 1. The summed E-state index contributed by atoms with van der Waals surface area (Å²) in [4.78, 5) is 13.1. The van der Waals surface area contributed by atoms with Crippen LogP contribution in [0.25, 0.3) is 0 Å². The van der Waals surface area contributed by atoms with E-state index in [2.05, 4.69) is 0 Å². The summed E-state index contributed by atoms with van der Waals surface area (Å²) >= 11 is 0. The smallest absolute Gasteiger partial charge is 0.222 e. The number of nitrogens with two attached hydrogens (primary N) is 1. The van der Waals surface area contributed by atoms with Crippen molar-refractivity contribution in [3.63, 3.8) is 0 Å². The lowest BCUT2D eigenvalue weighted by molar-refractivity contribution is -0.127. The third kappa shape index (κ3) is 3.26. The van der Waals surface area contributed by atoms with E-state index in [0.717, 1.165) is 6.42 Å². The van der Waals surface area contributed by atoms with Crippen LogP contribution in [-0.4, -0.2) is 38.1 Å². The normalized spacial score (nSPS) is 23.1. The summed E-state index contributed by atoms with van der Waals surface area (Å²) in [6.45, 7) is 3.23. The molecule has 82 valence electrons. The fourth-order valence-electron chi connectivity index (χ4n) is 1.78. The van der Waals surface area contributed by atoms with Gasteiger partial charge >= 0.3 is 0 Å². The Balaban J connectivity index is 2.51. The first-order chi connectivity index (χ1) is 6.42. The van der Waals surface area contributed by atoms with Crippen LogP contribution in [-0.2, 0) is 14.8 Å². The Morgan fingerprint density at radius 1 is 1.57 bits per heavy atom. The van der Waals surface area contributed by atoms with Crippen LogP contribution in [0, 0.1) is 5.92 Å². The van der Waals surface area contributed by atoms with Gasteiger partial charge in [0.15, 0.2) is 0 Å². The standard InChI is InChI=1S/C8H16N2O3S/c1-2-3-10-5-7(4-8(10)11)6-14(9,12)13/h7H,2-6H2,1H3,(H2,9,12,13). The zero-order chi connectivity index (χ0) is 10.8. The number of sulfonamides is 1. The Labute approximate surface area is 84.3 Å². The molecule has 1 heterocycles. The van der Waals surface area contributed by atoms with E-state index in [0.29, 0.717) is 19.5 Å². The molecule has 1 unspecified atom stereocenters. The molecule has 0 bridgehead atoms. The van der Waals surface area contributed by atoms with Crippen molar-refractivity contribution in [2.75, 3.05) is 18.8 Å². The highest BCUT2D eigenvalue weighted by molar-refractivity contribution is 7.89. The number of carbonyl (C=O) groups is 1. The molecule has 0 aromatic rings. The topological polar surface area (TPSA) is 80.5 Å². The SMILES string of the molecule is CCCN1CC(CS(N)(=O)=O)CC1=O. The first kappa shape index (κ1) is 11.5. The molecule has 0 aliphatic carbocycles. The monoisotopic (exact) mass is 220 g/mol. The molecule has 14 heavy (non-hydrogen) atoms. The summed E-state index contributed by atoms with van der Waals surface area (Å²) in [6, 6.07) is 0. The van der Waals surface area contributed by atoms with Crippen molar-refractivity contribution < 1.29 is 13.2 Å². The first-order valence-corrected chi connectivity index (χ1v) is 6.42. The zero-order valence-electron chi connectivity index (χ0n) is 8.27. The number of nitrogens with zero attached hydrogens (tertiary/aromatic N) is 1. The summed E-state index contributed by atoms with van der Waals surface area (Å²) in [7, 11) is -3.45. The second-order valence-corrected chi connectivity index (χ2v) is 5.40. The summed E-state index contributed by atoms with van der Waals surface area (Å²) in [6.07, 6.45) is 1.21. The number of likely N-dealkylation sites (tertiary alicyclic amines) is 1. The molecule has 0 saturated carbocycles. The summed E-state index contributed by atoms with van der Waals surface area (Å²) in [5.74, 6) is -0.163. The van der Waals surface area contributed by atoms with Crippen molar-refractivity contribution in [2.24, 2.45) is 11.1 Å². The third-order valence-corrected chi connectivity index (χ3v) is 3.19. The molecule has 0 aromatic carbocycles. The summed E-state index contributed by atoms with van der Waals surface area (Å²) < 4.78 is 21.6. The number of carbonyl (C=O) groups excluding carboxylic acids is 1. The third-order valence-electron chi connectivity index (χ3n) is 2.26. The first-order valence-electron chi connectivity index (χ1n) is 4.70. The maximum Gasteiger partial charge on any atom is 0.222 e. The molecule has 1 fully saturated rings. The van der Waals surface area contributed by atoms with E-state index in [-0.39, 0.29) is 17.6 Å². The van der Waals surface area contributed by atoms with E-state index >= 15 is 0 Å². The minimum absolute atomic E-state index is 0.0421. The van der Waals surface area contributed by atoms with Gasteiger partial charge in [0.2, 0.25) is 15.9 Å². The Morgan fingerprint density at radius 3 is 2.71 bits per heavy atom. The fraction of sp³-hybridized carbons (Fsp3) is 0.875. The zero-order valence-corrected chi connectivity index (χ0v) is 9.09. The Hall–Kier alpha value is -0.620. The molecule has 1 rings (SSSR count). The molecule has 2 N–H and O–H groups in total. The van der Waals surface area contributed by atoms with E-state index in [9.17, 15) is 13.2 Å². The van der Waals surface area contributed by atoms with E-state index in [1.54, 1.807) is 4.90 Å². The van der Waals surface area contributed by atoms with Crippen LogP contribution in [0.2, 0.25) is 0 Å². The van der Waals surface area contributed by atoms with Crippen molar-refractivity contribution in [3.05, 3.63) is 0 Å². The van der Waals surface area contributed by atoms with Crippen LogP contribution in [0.15, 0.2) is 0 Å². The van der Waals surface area contributed by atoms with Gasteiger partial charge in [-0.1, -0.05) is 6.92 Å². The predicted octanol–water partition coefficient (Wildman–Crippen LogP) is -0.467. The lowest BCUT2D eigenvalue weighted by atomic mass is 10.1. The summed E-state index contributed by atoms with van der Waals surface area (Å²) in [5, 5.41) is 4.92.